The molecule has 90 valence electrons. The van der Waals surface area contributed by atoms with Gasteiger partial charge in [-0.3, -0.25) is 0 Å². The van der Waals surface area contributed by atoms with Gasteiger partial charge >= 0.3 is 0 Å². The molecule has 17 heavy (non-hydrogen) atoms. The lowest BCUT2D eigenvalue weighted by molar-refractivity contribution is 0.299. The second-order valence-corrected chi connectivity index (χ2v) is 4.41. The molecule has 4 heteroatoms. The van der Waals surface area contributed by atoms with Crippen LogP contribution in [0, 0.1) is 13.8 Å². The predicted octanol–water partition coefficient (Wildman–Crippen LogP) is 2.68. The third-order valence-electron chi connectivity index (χ3n) is 2.78. The van der Waals surface area contributed by atoms with Crippen LogP contribution in [0.5, 0.6) is 0 Å². The molecule has 0 unspecified atom stereocenters. The normalized spacial score (nSPS) is 10.8. The maximum atomic E-state index is 8.85. The molecule has 0 saturated carbocycles. The molecule has 0 fully saturated rings. The van der Waals surface area contributed by atoms with Gasteiger partial charge in [0.15, 0.2) is 0 Å². The number of aliphatic hydroxyl groups excluding tert-OH is 1. The molecular formula is C13H15ClN2O. The maximum Gasteiger partial charge on any atom is 0.0848 e. The van der Waals surface area contributed by atoms with Crippen molar-refractivity contribution in [1.82, 2.24) is 9.78 Å². The maximum absolute atomic E-state index is 8.85. The van der Waals surface area contributed by atoms with Crippen molar-refractivity contribution in [3.8, 4) is 5.69 Å². The average molecular weight is 251 g/mol. The third-order valence-corrected chi connectivity index (χ3v) is 3.33. The largest absolute Gasteiger partial charge is 0.396 e. The average Bonchev–Trinajstić information content (AvgIpc) is 2.59. The lowest BCUT2D eigenvalue weighted by Crippen LogP contribution is -1.99. The Morgan fingerprint density at radius 1 is 1.24 bits per heavy atom. The van der Waals surface area contributed by atoms with Gasteiger partial charge in [0.2, 0.25) is 0 Å². The topological polar surface area (TPSA) is 38.0 Å². The molecule has 0 aliphatic rings. The molecule has 3 nitrogen and oxygen atoms in total. The van der Waals surface area contributed by atoms with E-state index >= 15 is 0 Å². The highest BCUT2D eigenvalue weighted by Gasteiger charge is 2.10. The summed E-state index contributed by atoms with van der Waals surface area (Å²) in [7, 11) is 0. The Kier molecular flexibility index (Phi) is 3.50. The number of benzene rings is 1. The van der Waals surface area contributed by atoms with Gasteiger partial charge in [-0.2, -0.15) is 5.10 Å². The SMILES string of the molecule is Cc1nn(-c2ccc(CCO)cc2)c(C)c1Cl. The third kappa shape index (κ3) is 2.35. The lowest BCUT2D eigenvalue weighted by atomic mass is 10.1. The van der Waals surface area contributed by atoms with E-state index in [1.54, 1.807) is 0 Å². The summed E-state index contributed by atoms with van der Waals surface area (Å²) in [6.07, 6.45) is 0.679. The van der Waals surface area contributed by atoms with E-state index in [1.165, 1.54) is 0 Å². The number of aryl methyl sites for hydroxylation is 1. The highest BCUT2D eigenvalue weighted by Crippen LogP contribution is 2.22. The fourth-order valence-electron chi connectivity index (χ4n) is 1.81. The van der Waals surface area contributed by atoms with E-state index in [-0.39, 0.29) is 6.61 Å². The van der Waals surface area contributed by atoms with E-state index in [0.717, 1.165) is 22.6 Å². The molecule has 0 amide bonds. The molecule has 1 aromatic carbocycles. The number of halogens is 1. The predicted molar refractivity (Wildman–Crippen MR) is 68.8 cm³/mol. The summed E-state index contributed by atoms with van der Waals surface area (Å²) in [4.78, 5) is 0. The van der Waals surface area contributed by atoms with Crippen LogP contribution in [0.2, 0.25) is 5.02 Å². The zero-order valence-electron chi connectivity index (χ0n) is 9.94. The molecule has 2 aromatic rings. The van der Waals surface area contributed by atoms with Crippen LogP contribution < -0.4 is 0 Å². The minimum atomic E-state index is 0.172. The van der Waals surface area contributed by atoms with Crippen molar-refractivity contribution in [3.05, 3.63) is 46.2 Å². The summed E-state index contributed by atoms with van der Waals surface area (Å²) in [5, 5.41) is 14.0. The number of nitrogens with zero attached hydrogens (tertiary/aromatic N) is 2. The van der Waals surface area contributed by atoms with Crippen LogP contribution in [0.1, 0.15) is 17.0 Å². The molecule has 0 aliphatic carbocycles. The minimum Gasteiger partial charge on any atom is -0.396 e. The van der Waals surface area contributed by atoms with Crippen molar-refractivity contribution in [2.24, 2.45) is 0 Å². The van der Waals surface area contributed by atoms with Crippen LogP contribution in [0.3, 0.4) is 0 Å². The molecule has 1 aromatic heterocycles. The number of hydrogen-bond donors (Lipinski definition) is 1. The van der Waals surface area contributed by atoms with Gasteiger partial charge in [-0.1, -0.05) is 23.7 Å². The molecule has 1 heterocycles. The molecule has 0 atom stereocenters. The van der Waals surface area contributed by atoms with Crippen LogP contribution in [0.4, 0.5) is 0 Å². The quantitative estimate of drug-likeness (QED) is 0.910. The van der Waals surface area contributed by atoms with E-state index in [0.29, 0.717) is 11.4 Å². The zero-order chi connectivity index (χ0) is 12.4. The van der Waals surface area contributed by atoms with Crippen molar-refractivity contribution in [2.75, 3.05) is 6.61 Å². The summed E-state index contributed by atoms with van der Waals surface area (Å²) in [6, 6.07) is 7.97. The van der Waals surface area contributed by atoms with E-state index in [2.05, 4.69) is 5.10 Å². The fourth-order valence-corrected chi connectivity index (χ4v) is 1.93. The van der Waals surface area contributed by atoms with Crippen LogP contribution >= 0.6 is 11.6 Å². The minimum absolute atomic E-state index is 0.172. The van der Waals surface area contributed by atoms with Gasteiger partial charge < -0.3 is 5.11 Å². The van der Waals surface area contributed by atoms with Crippen molar-refractivity contribution in [1.29, 1.82) is 0 Å². The van der Waals surface area contributed by atoms with Crippen molar-refractivity contribution in [3.63, 3.8) is 0 Å². The standard InChI is InChI=1S/C13H15ClN2O/c1-9-13(14)10(2)16(15-9)12-5-3-11(4-6-12)7-8-17/h3-6,17H,7-8H2,1-2H3. The Balaban J connectivity index is 2.36. The summed E-state index contributed by atoms with van der Waals surface area (Å²) in [5.74, 6) is 0. The number of aromatic nitrogens is 2. The zero-order valence-corrected chi connectivity index (χ0v) is 10.7. The Labute approximate surface area is 106 Å². The van der Waals surface area contributed by atoms with Crippen molar-refractivity contribution >= 4 is 11.6 Å². The van der Waals surface area contributed by atoms with Gasteiger partial charge in [0, 0.05) is 6.61 Å². The van der Waals surface area contributed by atoms with Crippen LogP contribution in [-0.4, -0.2) is 21.5 Å². The highest BCUT2D eigenvalue weighted by atomic mass is 35.5. The molecule has 0 saturated heterocycles. The van der Waals surface area contributed by atoms with Gasteiger partial charge in [-0.05, 0) is 38.0 Å². The Hall–Kier alpha value is -1.32. The fraction of sp³-hybridized carbons (Fsp3) is 0.308. The monoisotopic (exact) mass is 250 g/mol. The number of rotatable bonds is 3. The van der Waals surface area contributed by atoms with E-state index < -0.39 is 0 Å². The lowest BCUT2D eigenvalue weighted by Gasteiger charge is -2.05. The van der Waals surface area contributed by atoms with Crippen LogP contribution in [0.15, 0.2) is 24.3 Å². The number of hydrogen-bond acceptors (Lipinski definition) is 2. The van der Waals surface area contributed by atoms with E-state index in [4.69, 9.17) is 16.7 Å². The second-order valence-electron chi connectivity index (χ2n) is 4.04. The molecule has 2 rings (SSSR count). The van der Waals surface area contributed by atoms with Crippen molar-refractivity contribution in [2.45, 2.75) is 20.3 Å². The summed E-state index contributed by atoms with van der Waals surface area (Å²) >= 11 is 6.11. The van der Waals surface area contributed by atoms with Gasteiger partial charge in [0.1, 0.15) is 0 Å². The molecule has 0 bridgehead atoms. The molecule has 0 radical (unpaired) electrons. The summed E-state index contributed by atoms with van der Waals surface area (Å²) < 4.78 is 1.83. The Bertz CT molecular complexity index is 517. The summed E-state index contributed by atoms with van der Waals surface area (Å²) in [5.41, 5.74) is 3.88. The van der Waals surface area contributed by atoms with Gasteiger partial charge in [0.25, 0.3) is 0 Å². The van der Waals surface area contributed by atoms with Crippen LogP contribution in [-0.2, 0) is 6.42 Å². The molecule has 0 aliphatic heterocycles. The van der Waals surface area contributed by atoms with E-state index in [9.17, 15) is 0 Å². The van der Waals surface area contributed by atoms with Gasteiger partial charge in [-0.15, -0.1) is 0 Å². The Morgan fingerprint density at radius 3 is 2.35 bits per heavy atom. The molecule has 1 N–H and O–H groups in total. The second kappa shape index (κ2) is 4.90. The Morgan fingerprint density at radius 2 is 1.88 bits per heavy atom. The van der Waals surface area contributed by atoms with Crippen LogP contribution in [0.25, 0.3) is 5.69 Å². The highest BCUT2D eigenvalue weighted by molar-refractivity contribution is 6.31. The first-order valence-electron chi connectivity index (χ1n) is 5.55. The van der Waals surface area contributed by atoms with Gasteiger partial charge in [0.05, 0.1) is 22.1 Å². The molecular weight excluding hydrogens is 236 g/mol. The van der Waals surface area contributed by atoms with Gasteiger partial charge in [-0.25, -0.2) is 4.68 Å². The molecule has 0 spiro atoms. The van der Waals surface area contributed by atoms with Crippen molar-refractivity contribution < 1.29 is 5.11 Å². The first-order chi connectivity index (χ1) is 8.13. The smallest absolute Gasteiger partial charge is 0.0848 e. The summed E-state index contributed by atoms with van der Waals surface area (Å²) in [6.45, 7) is 4.01. The van der Waals surface area contributed by atoms with E-state index in [1.807, 2.05) is 42.8 Å². The first-order valence-corrected chi connectivity index (χ1v) is 5.93. The first kappa shape index (κ1) is 12.1. The number of aliphatic hydroxyl groups is 1.